The zero-order chi connectivity index (χ0) is 16.2. The molecule has 120 valence electrons. The van der Waals surface area contributed by atoms with E-state index in [0.29, 0.717) is 24.5 Å². The van der Waals surface area contributed by atoms with Gasteiger partial charge in [0, 0.05) is 6.61 Å². The fourth-order valence-corrected chi connectivity index (χ4v) is 2.29. The molecular formula is C16H15F2N3O2. The molecule has 2 heterocycles. The van der Waals surface area contributed by atoms with Crippen LogP contribution in [0.15, 0.2) is 36.5 Å². The van der Waals surface area contributed by atoms with Gasteiger partial charge in [0.15, 0.2) is 0 Å². The van der Waals surface area contributed by atoms with Crippen molar-refractivity contribution in [2.75, 3.05) is 17.2 Å². The van der Waals surface area contributed by atoms with Crippen molar-refractivity contribution in [3.8, 4) is 0 Å². The lowest BCUT2D eigenvalue weighted by Crippen LogP contribution is -2.27. The molecule has 3 rings (SSSR count). The van der Waals surface area contributed by atoms with E-state index in [9.17, 15) is 13.6 Å². The summed E-state index contributed by atoms with van der Waals surface area (Å²) in [7, 11) is 0. The van der Waals surface area contributed by atoms with Crippen LogP contribution >= 0.6 is 0 Å². The maximum atomic E-state index is 13.6. The number of hydrogen-bond donors (Lipinski definition) is 2. The Morgan fingerprint density at radius 1 is 1.22 bits per heavy atom. The van der Waals surface area contributed by atoms with Gasteiger partial charge >= 0.3 is 0 Å². The summed E-state index contributed by atoms with van der Waals surface area (Å²) >= 11 is 0. The molecule has 1 aliphatic heterocycles. The molecular weight excluding hydrogens is 304 g/mol. The molecule has 23 heavy (non-hydrogen) atoms. The number of anilines is 3. The first-order valence-corrected chi connectivity index (χ1v) is 7.23. The molecule has 1 fully saturated rings. The van der Waals surface area contributed by atoms with Gasteiger partial charge in [-0.3, -0.25) is 4.79 Å². The molecule has 1 unspecified atom stereocenters. The molecule has 0 saturated carbocycles. The lowest BCUT2D eigenvalue weighted by atomic mass is 10.2. The van der Waals surface area contributed by atoms with Crippen LogP contribution in [-0.4, -0.2) is 23.6 Å². The molecule has 0 radical (unpaired) electrons. The van der Waals surface area contributed by atoms with E-state index >= 15 is 0 Å². The second kappa shape index (κ2) is 6.70. The van der Waals surface area contributed by atoms with Crippen LogP contribution in [0, 0.1) is 11.6 Å². The van der Waals surface area contributed by atoms with E-state index in [1.165, 1.54) is 12.3 Å². The lowest BCUT2D eigenvalue weighted by molar-refractivity contribution is -0.124. The van der Waals surface area contributed by atoms with Crippen molar-refractivity contribution in [1.29, 1.82) is 0 Å². The summed E-state index contributed by atoms with van der Waals surface area (Å²) in [5.74, 6) is -1.28. The average Bonchev–Trinajstić information content (AvgIpc) is 3.07. The molecule has 7 heteroatoms. The third-order valence-corrected chi connectivity index (χ3v) is 3.47. The predicted molar refractivity (Wildman–Crippen MR) is 81.5 cm³/mol. The van der Waals surface area contributed by atoms with Crippen LogP contribution in [-0.2, 0) is 9.53 Å². The Balaban J connectivity index is 1.66. The SMILES string of the molecule is O=C(Nc1ccc(Nc2c(F)cccc2F)cn1)C1CCCO1. The van der Waals surface area contributed by atoms with E-state index in [2.05, 4.69) is 15.6 Å². The summed E-state index contributed by atoms with van der Waals surface area (Å²) in [5.41, 5.74) is 0.162. The largest absolute Gasteiger partial charge is 0.368 e. The van der Waals surface area contributed by atoms with Crippen molar-refractivity contribution in [2.45, 2.75) is 18.9 Å². The van der Waals surface area contributed by atoms with Crippen molar-refractivity contribution in [1.82, 2.24) is 4.98 Å². The van der Waals surface area contributed by atoms with Gasteiger partial charge in [-0.05, 0) is 37.1 Å². The number of amides is 1. The Hall–Kier alpha value is -2.54. The first-order valence-electron chi connectivity index (χ1n) is 7.23. The minimum Gasteiger partial charge on any atom is -0.368 e. The van der Waals surface area contributed by atoms with Gasteiger partial charge in [0.25, 0.3) is 5.91 Å². The molecule has 1 saturated heterocycles. The second-order valence-electron chi connectivity index (χ2n) is 5.14. The van der Waals surface area contributed by atoms with Crippen LogP contribution in [0.25, 0.3) is 0 Å². The van der Waals surface area contributed by atoms with Crippen LogP contribution in [0.3, 0.4) is 0 Å². The van der Waals surface area contributed by atoms with Gasteiger partial charge in [0.05, 0.1) is 11.9 Å². The van der Waals surface area contributed by atoms with Gasteiger partial charge in [0.1, 0.15) is 29.2 Å². The maximum absolute atomic E-state index is 13.6. The number of nitrogens with one attached hydrogen (secondary N) is 2. The lowest BCUT2D eigenvalue weighted by Gasteiger charge is -2.11. The number of carbonyl (C=O) groups is 1. The van der Waals surface area contributed by atoms with E-state index in [4.69, 9.17) is 4.74 Å². The number of halogens is 2. The molecule has 0 aliphatic carbocycles. The predicted octanol–water partition coefficient (Wildman–Crippen LogP) is 3.22. The molecule has 1 atom stereocenters. The third kappa shape index (κ3) is 3.62. The number of aromatic nitrogens is 1. The highest BCUT2D eigenvalue weighted by molar-refractivity contribution is 5.93. The number of rotatable bonds is 4. The molecule has 2 aromatic rings. The van der Waals surface area contributed by atoms with Gasteiger partial charge in [-0.2, -0.15) is 0 Å². The van der Waals surface area contributed by atoms with Gasteiger partial charge in [-0.25, -0.2) is 13.8 Å². The standard InChI is InChI=1S/C16H15F2N3O2/c17-11-3-1-4-12(18)15(11)20-10-6-7-14(19-9-10)21-16(22)13-5-2-8-23-13/h1,3-4,6-7,9,13,20H,2,5,8H2,(H,19,21,22). The minimum atomic E-state index is -0.694. The van der Waals surface area contributed by atoms with Crippen LogP contribution in [0.4, 0.5) is 26.0 Å². The Morgan fingerprint density at radius 2 is 2.00 bits per heavy atom. The molecule has 1 aromatic carbocycles. The highest BCUT2D eigenvalue weighted by Gasteiger charge is 2.23. The summed E-state index contributed by atoms with van der Waals surface area (Å²) < 4.78 is 32.4. The highest BCUT2D eigenvalue weighted by atomic mass is 19.1. The summed E-state index contributed by atoms with van der Waals surface area (Å²) in [6.45, 7) is 0.586. The third-order valence-electron chi connectivity index (χ3n) is 3.47. The number of para-hydroxylation sites is 1. The van der Waals surface area contributed by atoms with Crippen molar-refractivity contribution >= 4 is 23.1 Å². The fourth-order valence-electron chi connectivity index (χ4n) is 2.29. The molecule has 1 aliphatic rings. The van der Waals surface area contributed by atoms with E-state index in [1.807, 2.05) is 0 Å². The molecule has 5 nitrogen and oxygen atoms in total. The summed E-state index contributed by atoms with van der Waals surface area (Å²) in [6.07, 6.45) is 2.50. The van der Waals surface area contributed by atoms with Gasteiger partial charge in [-0.15, -0.1) is 0 Å². The Bertz CT molecular complexity index is 681. The molecule has 1 amide bonds. The molecule has 2 N–H and O–H groups in total. The Morgan fingerprint density at radius 3 is 2.61 bits per heavy atom. The van der Waals surface area contributed by atoms with E-state index in [1.54, 1.807) is 12.1 Å². The van der Waals surface area contributed by atoms with Crippen molar-refractivity contribution < 1.29 is 18.3 Å². The minimum absolute atomic E-state index is 0.240. The van der Waals surface area contributed by atoms with E-state index in [-0.39, 0.29) is 11.6 Å². The smallest absolute Gasteiger partial charge is 0.254 e. The molecule has 1 aromatic heterocycles. The van der Waals surface area contributed by atoms with Crippen LogP contribution < -0.4 is 10.6 Å². The van der Waals surface area contributed by atoms with Crippen LogP contribution in [0.2, 0.25) is 0 Å². The number of benzene rings is 1. The van der Waals surface area contributed by atoms with Crippen LogP contribution in [0.5, 0.6) is 0 Å². The Labute approximate surface area is 131 Å². The normalized spacial score (nSPS) is 17.0. The topological polar surface area (TPSA) is 63.2 Å². The monoisotopic (exact) mass is 319 g/mol. The van der Waals surface area contributed by atoms with Gasteiger partial charge < -0.3 is 15.4 Å². The zero-order valence-electron chi connectivity index (χ0n) is 12.2. The second-order valence-corrected chi connectivity index (χ2v) is 5.14. The summed E-state index contributed by atoms with van der Waals surface area (Å²) in [5, 5.41) is 5.27. The number of ether oxygens (including phenoxy) is 1. The van der Waals surface area contributed by atoms with E-state index in [0.717, 1.165) is 18.6 Å². The fraction of sp³-hybridized carbons (Fsp3) is 0.250. The van der Waals surface area contributed by atoms with Gasteiger partial charge in [-0.1, -0.05) is 6.07 Å². The van der Waals surface area contributed by atoms with Gasteiger partial charge in [0.2, 0.25) is 0 Å². The first-order chi connectivity index (χ1) is 11.1. The Kier molecular flexibility index (Phi) is 4.47. The quantitative estimate of drug-likeness (QED) is 0.908. The summed E-state index contributed by atoms with van der Waals surface area (Å²) in [4.78, 5) is 15.9. The summed E-state index contributed by atoms with van der Waals surface area (Å²) in [6, 6.07) is 6.74. The zero-order valence-corrected chi connectivity index (χ0v) is 12.2. The van der Waals surface area contributed by atoms with E-state index < -0.39 is 17.7 Å². The number of nitrogens with zero attached hydrogens (tertiary/aromatic N) is 1. The van der Waals surface area contributed by atoms with Crippen molar-refractivity contribution in [2.24, 2.45) is 0 Å². The maximum Gasteiger partial charge on any atom is 0.254 e. The number of pyridine rings is 1. The average molecular weight is 319 g/mol. The van der Waals surface area contributed by atoms with Crippen molar-refractivity contribution in [3.05, 3.63) is 48.2 Å². The first kappa shape index (κ1) is 15.4. The van der Waals surface area contributed by atoms with Crippen molar-refractivity contribution in [3.63, 3.8) is 0 Å². The highest BCUT2D eigenvalue weighted by Crippen LogP contribution is 2.23. The molecule has 0 bridgehead atoms. The number of carbonyl (C=O) groups excluding carboxylic acids is 1. The van der Waals surface area contributed by atoms with Crippen LogP contribution in [0.1, 0.15) is 12.8 Å². The molecule has 0 spiro atoms. The number of hydrogen-bond acceptors (Lipinski definition) is 4.